The molecule has 0 fully saturated rings. The Kier molecular flexibility index (Phi) is 4.50. The summed E-state index contributed by atoms with van der Waals surface area (Å²) in [6.45, 7) is 1.90. The molecule has 1 aromatic carbocycles. The lowest BCUT2D eigenvalue weighted by Gasteiger charge is -2.04. The van der Waals surface area contributed by atoms with Crippen molar-refractivity contribution in [2.75, 3.05) is 6.61 Å². The van der Waals surface area contributed by atoms with Crippen molar-refractivity contribution >= 4 is 44.5 Å². The fourth-order valence-electron chi connectivity index (χ4n) is 1.46. The molecule has 0 amide bonds. The number of hydrogen-bond acceptors (Lipinski definition) is 4. The Morgan fingerprint density at radius 3 is 2.95 bits per heavy atom. The molecule has 8 heteroatoms. The van der Waals surface area contributed by atoms with Gasteiger partial charge in [-0.15, -0.1) is 5.10 Å². The number of carbonyl (C=O) groups is 1. The first-order valence-electron chi connectivity index (χ1n) is 5.27. The van der Waals surface area contributed by atoms with Gasteiger partial charge >= 0.3 is 5.97 Å². The van der Waals surface area contributed by atoms with Gasteiger partial charge in [0.1, 0.15) is 11.5 Å². The van der Waals surface area contributed by atoms with E-state index in [0.717, 1.165) is 3.57 Å². The molecule has 0 saturated heterocycles. The van der Waals surface area contributed by atoms with E-state index in [1.165, 1.54) is 6.07 Å². The summed E-state index contributed by atoms with van der Waals surface area (Å²) in [5, 5.41) is 9.85. The lowest BCUT2D eigenvalue weighted by atomic mass is 10.1. The van der Waals surface area contributed by atoms with Crippen molar-refractivity contribution in [1.29, 1.82) is 0 Å². The van der Waals surface area contributed by atoms with Gasteiger partial charge in [-0.3, -0.25) is 0 Å². The maximum atomic E-state index is 14.0. The largest absolute Gasteiger partial charge is 0.461 e. The summed E-state index contributed by atoms with van der Waals surface area (Å²) in [6, 6.07) is 2.90. The van der Waals surface area contributed by atoms with Gasteiger partial charge < -0.3 is 4.74 Å². The number of esters is 1. The van der Waals surface area contributed by atoms with Crippen molar-refractivity contribution < 1.29 is 13.9 Å². The molecule has 0 unspecified atom stereocenters. The standard InChI is InChI=1S/C11H8BrFIN3O2/c1-2-19-11(18)10-9(15-17-16-10)5-3-8(14)6(12)4-7(5)13/h3-4H,2H2,1H3,(H,15,16,17). The van der Waals surface area contributed by atoms with Crippen molar-refractivity contribution in [1.82, 2.24) is 15.4 Å². The molecule has 0 aliphatic rings. The summed E-state index contributed by atoms with van der Waals surface area (Å²) in [5.41, 5.74) is 0.310. The first-order chi connectivity index (χ1) is 9.04. The lowest BCUT2D eigenvalue weighted by Crippen LogP contribution is -2.07. The minimum Gasteiger partial charge on any atom is -0.461 e. The molecular weight excluding hydrogens is 432 g/mol. The summed E-state index contributed by atoms with van der Waals surface area (Å²) in [7, 11) is 0. The molecule has 0 aliphatic heterocycles. The van der Waals surface area contributed by atoms with E-state index >= 15 is 0 Å². The zero-order valence-corrected chi connectivity index (χ0v) is 13.5. The normalized spacial score (nSPS) is 10.5. The molecule has 1 aromatic heterocycles. The number of H-pyrrole nitrogens is 1. The fourth-order valence-corrected chi connectivity index (χ4v) is 2.25. The summed E-state index contributed by atoms with van der Waals surface area (Å²) in [5.74, 6) is -1.13. The van der Waals surface area contributed by atoms with Crippen LogP contribution in [0.1, 0.15) is 17.4 Å². The first kappa shape index (κ1) is 14.4. The molecule has 0 aliphatic carbocycles. The van der Waals surface area contributed by atoms with Crippen LogP contribution >= 0.6 is 38.5 Å². The highest BCUT2D eigenvalue weighted by atomic mass is 127. The van der Waals surface area contributed by atoms with Gasteiger partial charge in [0.2, 0.25) is 0 Å². The van der Waals surface area contributed by atoms with Crippen molar-refractivity contribution in [3.8, 4) is 11.3 Å². The topological polar surface area (TPSA) is 67.9 Å². The molecular formula is C11H8BrFIN3O2. The van der Waals surface area contributed by atoms with Crippen LogP contribution in [-0.2, 0) is 4.74 Å². The van der Waals surface area contributed by atoms with E-state index in [0.29, 0.717) is 4.47 Å². The second kappa shape index (κ2) is 5.95. The van der Waals surface area contributed by atoms with Crippen LogP contribution in [0, 0.1) is 9.39 Å². The van der Waals surface area contributed by atoms with Gasteiger partial charge in [-0.2, -0.15) is 10.3 Å². The van der Waals surface area contributed by atoms with E-state index in [2.05, 4.69) is 31.3 Å². The van der Waals surface area contributed by atoms with Crippen LogP contribution in [0.4, 0.5) is 4.39 Å². The number of carbonyl (C=O) groups excluding carboxylic acids is 1. The molecule has 0 saturated carbocycles. The quantitative estimate of drug-likeness (QED) is 0.453. The predicted molar refractivity (Wildman–Crippen MR) is 78.2 cm³/mol. The van der Waals surface area contributed by atoms with E-state index in [4.69, 9.17) is 4.74 Å². The first-order valence-corrected chi connectivity index (χ1v) is 7.14. The van der Waals surface area contributed by atoms with Crippen LogP contribution in [0.2, 0.25) is 0 Å². The van der Waals surface area contributed by atoms with Gasteiger partial charge in [0.25, 0.3) is 0 Å². The minimum absolute atomic E-state index is 0.0288. The second-order valence-corrected chi connectivity index (χ2v) is 5.50. The number of ether oxygens (including phenoxy) is 1. The number of halogens is 3. The molecule has 1 heterocycles. The number of aromatic nitrogens is 3. The number of aromatic amines is 1. The Morgan fingerprint density at radius 1 is 1.53 bits per heavy atom. The molecule has 0 radical (unpaired) electrons. The van der Waals surface area contributed by atoms with E-state index in [1.54, 1.807) is 13.0 Å². The van der Waals surface area contributed by atoms with Crippen molar-refractivity contribution in [3.05, 3.63) is 31.7 Å². The maximum absolute atomic E-state index is 14.0. The van der Waals surface area contributed by atoms with Crippen LogP contribution < -0.4 is 0 Å². The monoisotopic (exact) mass is 439 g/mol. The Hall–Kier alpha value is -1.03. The molecule has 100 valence electrons. The highest BCUT2D eigenvalue weighted by molar-refractivity contribution is 14.1. The van der Waals surface area contributed by atoms with Crippen LogP contribution in [-0.4, -0.2) is 28.0 Å². The zero-order valence-electron chi connectivity index (χ0n) is 9.71. The summed E-state index contributed by atoms with van der Waals surface area (Å²) in [4.78, 5) is 11.7. The van der Waals surface area contributed by atoms with Crippen LogP contribution in [0.3, 0.4) is 0 Å². The molecule has 5 nitrogen and oxygen atoms in total. The van der Waals surface area contributed by atoms with Gasteiger partial charge in [0.05, 0.1) is 6.61 Å². The lowest BCUT2D eigenvalue weighted by molar-refractivity contribution is 0.0520. The van der Waals surface area contributed by atoms with E-state index in [-0.39, 0.29) is 23.6 Å². The summed E-state index contributed by atoms with van der Waals surface area (Å²) < 4.78 is 20.2. The Labute approximate surface area is 130 Å². The Bertz CT molecular complexity index is 632. The molecule has 0 bridgehead atoms. The second-order valence-electron chi connectivity index (χ2n) is 3.49. The zero-order chi connectivity index (χ0) is 14.0. The molecule has 0 spiro atoms. The highest BCUT2D eigenvalue weighted by Gasteiger charge is 2.22. The van der Waals surface area contributed by atoms with Crippen molar-refractivity contribution in [2.45, 2.75) is 6.92 Å². The molecule has 2 rings (SSSR count). The fraction of sp³-hybridized carbons (Fsp3) is 0.182. The Balaban J connectivity index is 2.51. The summed E-state index contributed by atoms with van der Waals surface area (Å²) >= 11 is 5.28. The number of hydrogen-bond donors (Lipinski definition) is 1. The van der Waals surface area contributed by atoms with Gasteiger partial charge in [0.15, 0.2) is 5.69 Å². The maximum Gasteiger partial charge on any atom is 0.361 e. The van der Waals surface area contributed by atoms with Crippen LogP contribution in [0.15, 0.2) is 16.6 Å². The molecule has 2 aromatic rings. The smallest absolute Gasteiger partial charge is 0.361 e. The van der Waals surface area contributed by atoms with Crippen LogP contribution in [0.5, 0.6) is 0 Å². The number of nitrogens with one attached hydrogen (secondary N) is 1. The van der Waals surface area contributed by atoms with E-state index in [9.17, 15) is 9.18 Å². The Morgan fingerprint density at radius 2 is 2.26 bits per heavy atom. The summed E-state index contributed by atoms with van der Waals surface area (Å²) in [6.07, 6.45) is 0. The van der Waals surface area contributed by atoms with Crippen molar-refractivity contribution in [2.24, 2.45) is 0 Å². The third kappa shape index (κ3) is 2.94. The SMILES string of the molecule is CCOC(=O)c1n[nH]nc1-c1cc(I)c(Br)cc1F. The third-order valence-electron chi connectivity index (χ3n) is 2.28. The minimum atomic E-state index is -0.636. The number of benzene rings is 1. The average Bonchev–Trinajstić information content (AvgIpc) is 2.83. The predicted octanol–water partition coefficient (Wildman–Crippen LogP) is 3.15. The van der Waals surface area contributed by atoms with Gasteiger partial charge in [0, 0.05) is 13.6 Å². The average molecular weight is 440 g/mol. The van der Waals surface area contributed by atoms with E-state index in [1.807, 2.05) is 22.6 Å². The third-order valence-corrected chi connectivity index (χ3v) is 4.57. The van der Waals surface area contributed by atoms with Gasteiger partial charge in [-0.05, 0) is 57.6 Å². The highest BCUT2D eigenvalue weighted by Crippen LogP contribution is 2.29. The van der Waals surface area contributed by atoms with Gasteiger partial charge in [-0.1, -0.05) is 0 Å². The van der Waals surface area contributed by atoms with Crippen molar-refractivity contribution in [3.63, 3.8) is 0 Å². The van der Waals surface area contributed by atoms with E-state index < -0.39 is 11.8 Å². The number of nitrogens with zero attached hydrogens (tertiary/aromatic N) is 2. The molecule has 1 N–H and O–H groups in total. The molecule has 19 heavy (non-hydrogen) atoms. The molecule has 0 atom stereocenters. The van der Waals surface area contributed by atoms with Crippen LogP contribution in [0.25, 0.3) is 11.3 Å². The van der Waals surface area contributed by atoms with Gasteiger partial charge in [-0.25, -0.2) is 9.18 Å². The number of rotatable bonds is 3.